The van der Waals surface area contributed by atoms with Crippen molar-refractivity contribution in [3.05, 3.63) is 130 Å². The number of methoxy groups -OCH3 is 1. The molecule has 1 aliphatic rings. The second-order valence-electron chi connectivity index (χ2n) is 11.7. The largest absolute Gasteiger partial charge is 0.497 e. The maximum atomic E-state index is 14.6. The molecule has 11 nitrogen and oxygen atoms in total. The van der Waals surface area contributed by atoms with Crippen molar-refractivity contribution in [2.45, 2.75) is 55.6 Å². The molecule has 0 spiro atoms. The van der Waals surface area contributed by atoms with Gasteiger partial charge in [-0.2, -0.15) is 0 Å². The van der Waals surface area contributed by atoms with Gasteiger partial charge in [0.2, 0.25) is 11.8 Å². The van der Waals surface area contributed by atoms with Gasteiger partial charge < -0.3 is 15.0 Å². The van der Waals surface area contributed by atoms with Crippen molar-refractivity contribution < 1.29 is 27.7 Å². The second kappa shape index (κ2) is 15.6. The zero-order valence-corrected chi connectivity index (χ0v) is 27.4. The van der Waals surface area contributed by atoms with Crippen LogP contribution in [0.5, 0.6) is 5.75 Å². The second-order valence-corrected chi connectivity index (χ2v) is 13.5. The molecule has 12 heteroatoms. The van der Waals surface area contributed by atoms with Crippen LogP contribution in [-0.4, -0.2) is 55.8 Å². The highest BCUT2D eigenvalue weighted by molar-refractivity contribution is 7.92. The number of nitro groups is 1. The van der Waals surface area contributed by atoms with Gasteiger partial charge in [0.05, 0.1) is 22.6 Å². The number of amides is 2. The van der Waals surface area contributed by atoms with Crippen molar-refractivity contribution in [2.75, 3.05) is 18.0 Å². The predicted molar refractivity (Wildman–Crippen MR) is 182 cm³/mol. The van der Waals surface area contributed by atoms with Gasteiger partial charge in [0.15, 0.2) is 0 Å². The Morgan fingerprint density at radius 3 is 2.15 bits per heavy atom. The number of nitro benzene ring substituents is 1. The van der Waals surface area contributed by atoms with E-state index in [9.17, 15) is 28.1 Å². The SMILES string of the molecule is COc1cccc(CN(C(=O)CN(c2ccc([N+](=O)[O-])cc2)S(=O)(=O)c2ccccc2)C(Cc2ccccc2)C(=O)NC2CCCC2)c1. The first-order valence-corrected chi connectivity index (χ1v) is 17.2. The number of hydrogen-bond donors (Lipinski definition) is 1. The van der Waals surface area contributed by atoms with Gasteiger partial charge in [-0.1, -0.05) is 73.5 Å². The van der Waals surface area contributed by atoms with Gasteiger partial charge in [-0.3, -0.25) is 24.0 Å². The summed E-state index contributed by atoms with van der Waals surface area (Å²) < 4.78 is 34.5. The molecule has 48 heavy (non-hydrogen) atoms. The summed E-state index contributed by atoms with van der Waals surface area (Å²) in [6.45, 7) is -0.674. The number of nitrogens with one attached hydrogen (secondary N) is 1. The van der Waals surface area contributed by atoms with E-state index in [4.69, 9.17) is 4.74 Å². The van der Waals surface area contributed by atoms with Crippen molar-refractivity contribution >= 4 is 33.2 Å². The van der Waals surface area contributed by atoms with Crippen LogP contribution in [-0.2, 0) is 32.6 Å². The Kier molecular flexibility index (Phi) is 11.1. The Bertz CT molecular complexity index is 1810. The average Bonchev–Trinajstić information content (AvgIpc) is 3.62. The smallest absolute Gasteiger partial charge is 0.269 e. The first-order chi connectivity index (χ1) is 23.2. The summed E-state index contributed by atoms with van der Waals surface area (Å²) in [5, 5.41) is 14.5. The zero-order valence-electron chi connectivity index (χ0n) is 26.6. The number of non-ortho nitro benzene ring substituents is 1. The third-order valence-electron chi connectivity index (χ3n) is 8.42. The number of hydrogen-bond acceptors (Lipinski definition) is 7. The van der Waals surface area contributed by atoms with E-state index in [1.807, 2.05) is 36.4 Å². The van der Waals surface area contributed by atoms with E-state index < -0.39 is 33.4 Å². The molecular formula is C36H38N4O7S. The number of carbonyl (C=O) groups excluding carboxylic acids is 2. The minimum atomic E-state index is -4.33. The van der Waals surface area contributed by atoms with Crippen molar-refractivity contribution in [3.8, 4) is 5.75 Å². The number of nitrogens with zero attached hydrogens (tertiary/aromatic N) is 3. The molecule has 0 heterocycles. The number of benzene rings is 4. The summed E-state index contributed by atoms with van der Waals surface area (Å²) in [5.41, 5.74) is 1.35. The van der Waals surface area contributed by atoms with Gasteiger partial charge >= 0.3 is 0 Å². The molecule has 1 aliphatic carbocycles. The molecule has 0 radical (unpaired) electrons. The number of rotatable bonds is 14. The lowest BCUT2D eigenvalue weighted by Crippen LogP contribution is -2.54. The van der Waals surface area contributed by atoms with Gasteiger partial charge in [0, 0.05) is 31.1 Å². The molecule has 4 aromatic rings. The summed E-state index contributed by atoms with van der Waals surface area (Å²) in [6.07, 6.45) is 3.89. The standard InChI is InChI=1S/C36H38N4O7S/c1-47-32-16-10-13-28(23-32)25-38(34(24-27-11-4-2-5-12-27)36(42)37-29-14-8-9-15-29)35(41)26-39(30-19-21-31(22-20-30)40(43)44)48(45,46)33-17-6-3-7-18-33/h2-7,10-13,16-23,29,34H,8-9,14-15,24-26H2,1H3,(H,37,42). The molecule has 0 aromatic heterocycles. The molecule has 2 amide bonds. The summed E-state index contributed by atoms with van der Waals surface area (Å²) in [4.78, 5) is 40.9. The van der Waals surface area contributed by atoms with E-state index in [2.05, 4.69) is 5.32 Å². The molecule has 250 valence electrons. The Hall–Kier alpha value is -5.23. The van der Waals surface area contributed by atoms with Crippen LogP contribution in [0, 0.1) is 10.1 Å². The lowest BCUT2D eigenvalue weighted by molar-refractivity contribution is -0.384. The van der Waals surface area contributed by atoms with Gasteiger partial charge in [0.25, 0.3) is 15.7 Å². The van der Waals surface area contributed by atoms with Crippen LogP contribution in [0.15, 0.2) is 114 Å². The third-order valence-corrected chi connectivity index (χ3v) is 10.2. The summed E-state index contributed by atoms with van der Waals surface area (Å²) >= 11 is 0. The molecule has 1 atom stereocenters. The Morgan fingerprint density at radius 1 is 0.896 bits per heavy atom. The van der Waals surface area contributed by atoms with E-state index in [-0.39, 0.29) is 41.2 Å². The number of ether oxygens (including phenoxy) is 1. The Balaban J connectivity index is 1.57. The lowest BCUT2D eigenvalue weighted by atomic mass is 10.0. The normalized spacial score (nSPS) is 13.8. The quantitative estimate of drug-likeness (QED) is 0.138. The maximum Gasteiger partial charge on any atom is 0.269 e. The van der Waals surface area contributed by atoms with Crippen LogP contribution < -0.4 is 14.4 Å². The van der Waals surface area contributed by atoms with Crippen LogP contribution in [0.4, 0.5) is 11.4 Å². The maximum absolute atomic E-state index is 14.6. The molecule has 1 saturated carbocycles. The molecule has 1 N–H and O–H groups in total. The summed E-state index contributed by atoms with van der Waals surface area (Å²) in [7, 11) is -2.79. The van der Waals surface area contributed by atoms with E-state index >= 15 is 0 Å². The third kappa shape index (κ3) is 8.37. The van der Waals surface area contributed by atoms with E-state index in [1.165, 1.54) is 48.4 Å². The van der Waals surface area contributed by atoms with Crippen LogP contribution in [0.3, 0.4) is 0 Å². The molecular weight excluding hydrogens is 632 g/mol. The highest BCUT2D eigenvalue weighted by Gasteiger charge is 2.35. The molecule has 0 bridgehead atoms. The van der Waals surface area contributed by atoms with Crippen molar-refractivity contribution in [3.63, 3.8) is 0 Å². The van der Waals surface area contributed by atoms with E-state index in [1.54, 1.807) is 36.4 Å². The van der Waals surface area contributed by atoms with E-state index in [0.29, 0.717) is 11.3 Å². The van der Waals surface area contributed by atoms with Crippen molar-refractivity contribution in [2.24, 2.45) is 0 Å². The zero-order chi connectivity index (χ0) is 34.1. The highest BCUT2D eigenvalue weighted by Crippen LogP contribution is 2.27. The van der Waals surface area contributed by atoms with Gasteiger partial charge in [0.1, 0.15) is 18.3 Å². The fourth-order valence-corrected chi connectivity index (χ4v) is 7.31. The fraction of sp³-hybridized carbons (Fsp3) is 0.278. The van der Waals surface area contributed by atoms with Crippen LogP contribution >= 0.6 is 0 Å². The van der Waals surface area contributed by atoms with Crippen molar-refractivity contribution in [1.29, 1.82) is 0 Å². The summed E-state index contributed by atoms with van der Waals surface area (Å²) in [6, 6.07) is 28.1. The molecule has 1 fully saturated rings. The van der Waals surface area contributed by atoms with Crippen LogP contribution in [0.2, 0.25) is 0 Å². The first-order valence-electron chi connectivity index (χ1n) is 15.7. The minimum absolute atomic E-state index is 0.00882. The number of anilines is 1. The Morgan fingerprint density at radius 2 is 1.52 bits per heavy atom. The van der Waals surface area contributed by atoms with Crippen LogP contribution in [0.25, 0.3) is 0 Å². The van der Waals surface area contributed by atoms with E-state index in [0.717, 1.165) is 35.6 Å². The fourth-order valence-electron chi connectivity index (χ4n) is 5.88. The van der Waals surface area contributed by atoms with Crippen molar-refractivity contribution in [1.82, 2.24) is 10.2 Å². The number of carbonyl (C=O) groups is 2. The van der Waals surface area contributed by atoms with Crippen LogP contribution in [0.1, 0.15) is 36.8 Å². The topological polar surface area (TPSA) is 139 Å². The predicted octanol–water partition coefficient (Wildman–Crippen LogP) is 5.50. The lowest BCUT2D eigenvalue weighted by Gasteiger charge is -2.34. The first kappa shape index (κ1) is 34.1. The van der Waals surface area contributed by atoms with Gasteiger partial charge in [-0.25, -0.2) is 8.42 Å². The molecule has 1 unspecified atom stereocenters. The average molecular weight is 671 g/mol. The monoisotopic (exact) mass is 670 g/mol. The highest BCUT2D eigenvalue weighted by atomic mass is 32.2. The molecule has 5 rings (SSSR count). The van der Waals surface area contributed by atoms with Gasteiger partial charge in [-0.05, 0) is 60.4 Å². The molecule has 0 aliphatic heterocycles. The van der Waals surface area contributed by atoms with Gasteiger partial charge in [-0.15, -0.1) is 0 Å². The summed E-state index contributed by atoms with van der Waals surface area (Å²) in [5.74, 6) is -0.387. The Labute approximate surface area is 280 Å². The number of sulfonamides is 1. The minimum Gasteiger partial charge on any atom is -0.497 e. The molecule has 4 aromatic carbocycles. The molecule has 0 saturated heterocycles.